The van der Waals surface area contributed by atoms with Gasteiger partial charge in [0.2, 0.25) is 0 Å². The van der Waals surface area contributed by atoms with E-state index < -0.39 is 0 Å². The van der Waals surface area contributed by atoms with E-state index in [0.717, 1.165) is 50.8 Å². The van der Waals surface area contributed by atoms with Gasteiger partial charge < -0.3 is 14.6 Å². The first-order valence-electron chi connectivity index (χ1n) is 11.2. The van der Waals surface area contributed by atoms with Crippen LogP contribution in [0, 0.1) is 5.92 Å². The number of aliphatic hydroxyl groups excluding tert-OH is 1. The molecular formula is C21H37N5O. The summed E-state index contributed by atoms with van der Waals surface area (Å²) < 4.78 is 2.25. The molecule has 6 nitrogen and oxygen atoms in total. The number of aromatic nitrogens is 3. The van der Waals surface area contributed by atoms with E-state index in [2.05, 4.69) is 31.6 Å². The minimum atomic E-state index is -0.117. The van der Waals surface area contributed by atoms with E-state index in [1.807, 2.05) is 0 Å². The van der Waals surface area contributed by atoms with Gasteiger partial charge in [-0.1, -0.05) is 19.3 Å². The summed E-state index contributed by atoms with van der Waals surface area (Å²) in [6.45, 7) is 6.47. The van der Waals surface area contributed by atoms with Crippen LogP contribution in [0.5, 0.6) is 0 Å². The van der Waals surface area contributed by atoms with Gasteiger partial charge in [-0.05, 0) is 51.0 Å². The molecule has 0 radical (unpaired) electrons. The van der Waals surface area contributed by atoms with Gasteiger partial charge >= 0.3 is 0 Å². The van der Waals surface area contributed by atoms with E-state index in [4.69, 9.17) is 0 Å². The van der Waals surface area contributed by atoms with Crippen LogP contribution < -0.4 is 0 Å². The van der Waals surface area contributed by atoms with E-state index in [1.165, 1.54) is 63.9 Å². The van der Waals surface area contributed by atoms with Crippen molar-refractivity contribution in [2.45, 2.75) is 76.4 Å². The van der Waals surface area contributed by atoms with Gasteiger partial charge in [0.25, 0.3) is 0 Å². The van der Waals surface area contributed by atoms with Gasteiger partial charge in [-0.15, -0.1) is 10.2 Å². The largest absolute Gasteiger partial charge is 0.393 e. The average molecular weight is 376 g/mol. The second-order valence-electron chi connectivity index (χ2n) is 9.14. The van der Waals surface area contributed by atoms with E-state index in [1.54, 1.807) is 0 Å². The van der Waals surface area contributed by atoms with Crippen LogP contribution in [-0.4, -0.2) is 68.5 Å². The Kier molecular flexibility index (Phi) is 6.46. The van der Waals surface area contributed by atoms with Gasteiger partial charge in [0, 0.05) is 39.1 Å². The number of hydrogen-bond acceptors (Lipinski definition) is 5. The van der Waals surface area contributed by atoms with Gasteiger partial charge in [-0.25, -0.2) is 0 Å². The highest BCUT2D eigenvalue weighted by Crippen LogP contribution is 2.29. The Morgan fingerprint density at radius 2 is 1.67 bits per heavy atom. The smallest absolute Gasteiger partial charge is 0.146 e. The Balaban J connectivity index is 1.34. The number of piperidine rings is 2. The number of hydrogen-bond donors (Lipinski definition) is 1. The molecule has 6 heteroatoms. The molecule has 27 heavy (non-hydrogen) atoms. The Bertz CT molecular complexity index is 589. The molecule has 1 atom stereocenters. The minimum Gasteiger partial charge on any atom is -0.393 e. The number of rotatable bonds is 5. The van der Waals surface area contributed by atoms with Crippen LogP contribution in [-0.2, 0) is 13.6 Å². The van der Waals surface area contributed by atoms with Crippen molar-refractivity contribution in [3.63, 3.8) is 0 Å². The summed E-state index contributed by atoms with van der Waals surface area (Å²) >= 11 is 0. The lowest BCUT2D eigenvalue weighted by atomic mass is 9.88. The molecule has 3 heterocycles. The van der Waals surface area contributed by atoms with Crippen LogP contribution in [0.25, 0.3) is 0 Å². The first-order valence-corrected chi connectivity index (χ1v) is 11.2. The Hall–Kier alpha value is -0.980. The maximum absolute atomic E-state index is 9.70. The van der Waals surface area contributed by atoms with E-state index in [-0.39, 0.29) is 6.10 Å². The molecule has 2 saturated heterocycles. The van der Waals surface area contributed by atoms with Crippen molar-refractivity contribution < 1.29 is 5.11 Å². The van der Waals surface area contributed by atoms with Crippen LogP contribution in [0.2, 0.25) is 0 Å². The number of aliphatic hydroxyl groups is 1. The second kappa shape index (κ2) is 9.01. The highest BCUT2D eigenvalue weighted by atomic mass is 16.3. The standard InChI is InChI=1S/C21H37N5O/c1-24-20(16-25-12-9-19(27)10-13-25)22-23-21(24)18-8-5-11-26(15-18)14-17-6-3-2-4-7-17/h17-19,27H,2-16H2,1H3/t18-/m0/s1. The SMILES string of the molecule is Cn1c(CN2CCC(O)CC2)nnc1[C@H]1CCCN(CC2CCCCC2)C1. The number of likely N-dealkylation sites (tertiary alicyclic amines) is 2. The lowest BCUT2D eigenvalue weighted by molar-refractivity contribution is 0.0775. The van der Waals surface area contributed by atoms with Crippen LogP contribution in [0.3, 0.4) is 0 Å². The van der Waals surface area contributed by atoms with Crippen molar-refractivity contribution >= 4 is 0 Å². The lowest BCUT2D eigenvalue weighted by Crippen LogP contribution is -2.39. The molecule has 0 spiro atoms. The van der Waals surface area contributed by atoms with Crippen LogP contribution in [0.4, 0.5) is 0 Å². The second-order valence-corrected chi connectivity index (χ2v) is 9.14. The molecule has 0 amide bonds. The normalized spacial score (nSPS) is 27.3. The molecule has 3 fully saturated rings. The fraction of sp³-hybridized carbons (Fsp3) is 0.905. The molecular weight excluding hydrogens is 338 g/mol. The third-order valence-corrected chi connectivity index (χ3v) is 7.03. The summed E-state index contributed by atoms with van der Waals surface area (Å²) in [5.41, 5.74) is 0. The fourth-order valence-corrected chi connectivity index (χ4v) is 5.31. The first kappa shape index (κ1) is 19.3. The van der Waals surface area contributed by atoms with Gasteiger partial charge in [-0.3, -0.25) is 4.90 Å². The van der Waals surface area contributed by atoms with Gasteiger partial charge in [0.05, 0.1) is 12.6 Å². The summed E-state index contributed by atoms with van der Waals surface area (Å²) in [4.78, 5) is 5.10. The van der Waals surface area contributed by atoms with Crippen molar-refractivity contribution in [2.24, 2.45) is 13.0 Å². The van der Waals surface area contributed by atoms with Gasteiger partial charge in [-0.2, -0.15) is 0 Å². The Labute approximate surface area is 163 Å². The molecule has 1 saturated carbocycles. The topological polar surface area (TPSA) is 57.4 Å². The monoisotopic (exact) mass is 375 g/mol. The molecule has 0 unspecified atom stereocenters. The molecule has 3 aliphatic rings. The van der Waals surface area contributed by atoms with Crippen LogP contribution in [0.15, 0.2) is 0 Å². The van der Waals surface area contributed by atoms with Gasteiger partial charge in [0.15, 0.2) is 0 Å². The zero-order valence-corrected chi connectivity index (χ0v) is 17.0. The third kappa shape index (κ3) is 4.90. The van der Waals surface area contributed by atoms with Gasteiger partial charge in [0.1, 0.15) is 11.6 Å². The summed E-state index contributed by atoms with van der Waals surface area (Å²) in [7, 11) is 2.14. The number of nitrogens with zero attached hydrogens (tertiary/aromatic N) is 5. The van der Waals surface area contributed by atoms with Crippen LogP contribution in [0.1, 0.15) is 75.4 Å². The van der Waals surface area contributed by atoms with Crippen molar-refractivity contribution in [1.82, 2.24) is 24.6 Å². The van der Waals surface area contributed by atoms with Crippen molar-refractivity contribution in [3.05, 3.63) is 11.6 Å². The zero-order chi connectivity index (χ0) is 18.6. The van der Waals surface area contributed by atoms with Crippen molar-refractivity contribution in [1.29, 1.82) is 0 Å². The molecule has 1 aromatic rings. The molecule has 0 aromatic carbocycles. The fourth-order valence-electron chi connectivity index (χ4n) is 5.31. The van der Waals surface area contributed by atoms with Crippen molar-refractivity contribution in [2.75, 3.05) is 32.7 Å². The molecule has 1 aromatic heterocycles. The van der Waals surface area contributed by atoms with Crippen molar-refractivity contribution in [3.8, 4) is 0 Å². The molecule has 1 aliphatic carbocycles. The highest BCUT2D eigenvalue weighted by Gasteiger charge is 2.28. The zero-order valence-electron chi connectivity index (χ0n) is 17.0. The predicted molar refractivity (Wildman–Crippen MR) is 107 cm³/mol. The van der Waals surface area contributed by atoms with Crippen LogP contribution >= 0.6 is 0 Å². The molecule has 4 rings (SSSR count). The quantitative estimate of drug-likeness (QED) is 0.857. The Morgan fingerprint density at radius 1 is 0.889 bits per heavy atom. The van der Waals surface area contributed by atoms with E-state index in [9.17, 15) is 5.11 Å². The minimum absolute atomic E-state index is 0.117. The third-order valence-electron chi connectivity index (χ3n) is 7.03. The molecule has 0 bridgehead atoms. The average Bonchev–Trinajstić information content (AvgIpc) is 3.05. The summed E-state index contributed by atoms with van der Waals surface area (Å²) in [6, 6.07) is 0. The highest BCUT2D eigenvalue weighted by molar-refractivity contribution is 5.04. The summed E-state index contributed by atoms with van der Waals surface area (Å²) in [5, 5.41) is 18.8. The van der Waals surface area contributed by atoms with E-state index in [0.29, 0.717) is 5.92 Å². The molecule has 1 N–H and O–H groups in total. The maximum Gasteiger partial charge on any atom is 0.146 e. The molecule has 152 valence electrons. The maximum atomic E-state index is 9.70. The molecule has 2 aliphatic heterocycles. The lowest BCUT2D eigenvalue weighted by Gasteiger charge is -2.35. The predicted octanol–water partition coefficient (Wildman–Crippen LogP) is 2.53. The Morgan fingerprint density at radius 3 is 2.44 bits per heavy atom. The summed E-state index contributed by atoms with van der Waals surface area (Å²) in [5.74, 6) is 3.69. The van der Waals surface area contributed by atoms with E-state index >= 15 is 0 Å². The first-order chi connectivity index (χ1) is 13.2. The summed E-state index contributed by atoms with van der Waals surface area (Å²) in [6.07, 6.45) is 11.3.